The standard InChI is InChI=1S/C11H9N3S/c12-5-10-14-9-6-13-8-4-2-1-3-7(8)11(9)15-10/h1-4,6H,5,12H2. The highest BCUT2D eigenvalue weighted by atomic mass is 32.1. The van der Waals surface area contributed by atoms with Crippen LogP contribution in [0.25, 0.3) is 21.1 Å². The zero-order chi connectivity index (χ0) is 10.3. The van der Waals surface area contributed by atoms with Crippen molar-refractivity contribution in [1.29, 1.82) is 0 Å². The van der Waals surface area contributed by atoms with Gasteiger partial charge in [0.2, 0.25) is 0 Å². The molecule has 0 atom stereocenters. The Kier molecular flexibility index (Phi) is 1.90. The Balaban J connectivity index is 2.47. The average Bonchev–Trinajstić information content (AvgIpc) is 2.72. The van der Waals surface area contributed by atoms with Crippen LogP contribution in [-0.4, -0.2) is 9.97 Å². The lowest BCUT2D eigenvalue weighted by Gasteiger charge is -1.95. The van der Waals surface area contributed by atoms with Gasteiger partial charge in [-0.2, -0.15) is 0 Å². The van der Waals surface area contributed by atoms with E-state index < -0.39 is 0 Å². The molecule has 0 amide bonds. The molecule has 3 nitrogen and oxygen atoms in total. The highest BCUT2D eigenvalue weighted by molar-refractivity contribution is 7.19. The zero-order valence-electron chi connectivity index (χ0n) is 7.97. The number of hydrogen-bond acceptors (Lipinski definition) is 4. The van der Waals surface area contributed by atoms with Crippen molar-refractivity contribution in [2.24, 2.45) is 5.73 Å². The number of rotatable bonds is 1. The van der Waals surface area contributed by atoms with E-state index in [2.05, 4.69) is 16.0 Å². The molecule has 2 heterocycles. The van der Waals surface area contributed by atoms with Crippen molar-refractivity contribution in [2.45, 2.75) is 6.54 Å². The van der Waals surface area contributed by atoms with Gasteiger partial charge in [-0.05, 0) is 6.07 Å². The first-order valence-corrected chi connectivity index (χ1v) is 5.53. The van der Waals surface area contributed by atoms with Crippen molar-refractivity contribution in [2.75, 3.05) is 0 Å². The fraction of sp³-hybridized carbons (Fsp3) is 0.0909. The normalized spacial score (nSPS) is 11.3. The van der Waals surface area contributed by atoms with Gasteiger partial charge in [-0.3, -0.25) is 4.98 Å². The van der Waals surface area contributed by atoms with Gasteiger partial charge in [0.05, 0.1) is 16.4 Å². The summed E-state index contributed by atoms with van der Waals surface area (Å²) in [5.74, 6) is 0. The van der Waals surface area contributed by atoms with E-state index in [0.717, 1.165) is 21.4 Å². The second-order valence-electron chi connectivity index (χ2n) is 3.30. The van der Waals surface area contributed by atoms with Crippen molar-refractivity contribution in [3.8, 4) is 0 Å². The van der Waals surface area contributed by atoms with E-state index in [0.29, 0.717) is 6.54 Å². The minimum absolute atomic E-state index is 0.494. The van der Waals surface area contributed by atoms with Gasteiger partial charge in [0.25, 0.3) is 0 Å². The number of nitrogens with two attached hydrogens (primary N) is 1. The van der Waals surface area contributed by atoms with E-state index in [-0.39, 0.29) is 0 Å². The molecule has 0 saturated heterocycles. The number of nitrogens with zero attached hydrogens (tertiary/aromatic N) is 2. The molecule has 2 aromatic heterocycles. The van der Waals surface area contributed by atoms with Gasteiger partial charge >= 0.3 is 0 Å². The summed E-state index contributed by atoms with van der Waals surface area (Å²) in [4.78, 5) is 8.77. The number of para-hydroxylation sites is 1. The molecular weight excluding hydrogens is 206 g/mol. The van der Waals surface area contributed by atoms with Crippen LogP contribution in [0.1, 0.15) is 5.01 Å². The zero-order valence-corrected chi connectivity index (χ0v) is 8.79. The van der Waals surface area contributed by atoms with E-state index in [9.17, 15) is 0 Å². The van der Waals surface area contributed by atoms with Crippen LogP contribution in [0.5, 0.6) is 0 Å². The van der Waals surface area contributed by atoms with E-state index in [4.69, 9.17) is 5.73 Å². The third kappa shape index (κ3) is 1.30. The number of thiazole rings is 1. The summed E-state index contributed by atoms with van der Waals surface area (Å²) in [6.07, 6.45) is 1.81. The van der Waals surface area contributed by atoms with Crippen LogP contribution >= 0.6 is 11.3 Å². The molecule has 0 aliphatic heterocycles. The summed E-state index contributed by atoms with van der Waals surface area (Å²) in [5, 5.41) is 2.12. The van der Waals surface area contributed by atoms with E-state index >= 15 is 0 Å². The van der Waals surface area contributed by atoms with E-state index in [1.54, 1.807) is 11.3 Å². The summed E-state index contributed by atoms with van der Waals surface area (Å²) < 4.78 is 1.18. The largest absolute Gasteiger partial charge is 0.325 e. The first-order valence-electron chi connectivity index (χ1n) is 4.72. The maximum absolute atomic E-state index is 5.59. The molecule has 74 valence electrons. The molecule has 0 radical (unpaired) electrons. The lowest BCUT2D eigenvalue weighted by molar-refractivity contribution is 1.05. The van der Waals surface area contributed by atoms with Crippen LogP contribution in [0, 0.1) is 0 Å². The molecule has 3 rings (SSSR count). The van der Waals surface area contributed by atoms with Gasteiger partial charge in [-0.25, -0.2) is 4.98 Å². The van der Waals surface area contributed by atoms with Crippen molar-refractivity contribution in [1.82, 2.24) is 9.97 Å². The molecule has 0 unspecified atom stereocenters. The summed E-state index contributed by atoms with van der Waals surface area (Å²) in [5.41, 5.74) is 7.54. The Morgan fingerprint density at radius 2 is 2.07 bits per heavy atom. The Hall–Kier alpha value is -1.52. The van der Waals surface area contributed by atoms with Crippen molar-refractivity contribution >= 4 is 32.5 Å². The molecule has 0 aliphatic carbocycles. The Labute approximate surface area is 90.6 Å². The second-order valence-corrected chi connectivity index (χ2v) is 4.39. The van der Waals surface area contributed by atoms with Gasteiger partial charge in [-0.1, -0.05) is 18.2 Å². The maximum Gasteiger partial charge on any atom is 0.108 e. The molecule has 0 bridgehead atoms. The molecular formula is C11H9N3S. The number of benzene rings is 1. The summed E-state index contributed by atoms with van der Waals surface area (Å²) in [6, 6.07) is 8.09. The Bertz CT molecular complexity index is 630. The lowest BCUT2D eigenvalue weighted by atomic mass is 10.2. The topological polar surface area (TPSA) is 51.8 Å². The highest BCUT2D eigenvalue weighted by Crippen LogP contribution is 2.28. The molecule has 1 aromatic carbocycles. The summed E-state index contributed by atoms with van der Waals surface area (Å²) in [6.45, 7) is 0.494. The highest BCUT2D eigenvalue weighted by Gasteiger charge is 2.06. The van der Waals surface area contributed by atoms with Crippen LogP contribution in [0.2, 0.25) is 0 Å². The van der Waals surface area contributed by atoms with Crippen LogP contribution < -0.4 is 5.73 Å². The summed E-state index contributed by atoms with van der Waals surface area (Å²) in [7, 11) is 0. The average molecular weight is 215 g/mol. The van der Waals surface area contributed by atoms with Crippen LogP contribution in [0.15, 0.2) is 30.5 Å². The molecule has 0 aliphatic rings. The number of fused-ring (bicyclic) bond motifs is 3. The Morgan fingerprint density at radius 3 is 2.93 bits per heavy atom. The molecule has 0 spiro atoms. The van der Waals surface area contributed by atoms with Crippen LogP contribution in [-0.2, 0) is 6.54 Å². The second kappa shape index (κ2) is 3.25. The summed E-state index contributed by atoms with van der Waals surface area (Å²) >= 11 is 1.65. The first kappa shape index (κ1) is 8.76. The molecule has 0 saturated carbocycles. The smallest absolute Gasteiger partial charge is 0.108 e. The van der Waals surface area contributed by atoms with Gasteiger partial charge in [0.15, 0.2) is 0 Å². The molecule has 0 fully saturated rings. The monoisotopic (exact) mass is 215 g/mol. The molecule has 4 heteroatoms. The van der Waals surface area contributed by atoms with Gasteiger partial charge in [-0.15, -0.1) is 11.3 Å². The molecule has 15 heavy (non-hydrogen) atoms. The fourth-order valence-electron chi connectivity index (χ4n) is 1.65. The number of aromatic nitrogens is 2. The van der Waals surface area contributed by atoms with Crippen molar-refractivity contribution in [3.05, 3.63) is 35.5 Å². The third-order valence-corrected chi connectivity index (χ3v) is 3.47. The molecule has 3 aromatic rings. The number of hydrogen-bond donors (Lipinski definition) is 1. The van der Waals surface area contributed by atoms with Gasteiger partial charge < -0.3 is 5.73 Å². The SMILES string of the molecule is NCc1nc2cnc3ccccc3c2s1. The molecule has 2 N–H and O–H groups in total. The quantitative estimate of drug-likeness (QED) is 0.677. The minimum atomic E-state index is 0.494. The predicted molar refractivity (Wildman–Crippen MR) is 62.8 cm³/mol. The van der Waals surface area contributed by atoms with Crippen molar-refractivity contribution < 1.29 is 0 Å². The third-order valence-electron chi connectivity index (χ3n) is 2.35. The first-order chi connectivity index (χ1) is 7.38. The predicted octanol–water partition coefficient (Wildman–Crippen LogP) is 2.30. The van der Waals surface area contributed by atoms with E-state index in [1.165, 1.54) is 4.70 Å². The fourth-order valence-corrected chi connectivity index (χ4v) is 2.60. The van der Waals surface area contributed by atoms with Crippen LogP contribution in [0.4, 0.5) is 0 Å². The minimum Gasteiger partial charge on any atom is -0.325 e. The van der Waals surface area contributed by atoms with Crippen molar-refractivity contribution in [3.63, 3.8) is 0 Å². The number of pyridine rings is 1. The Morgan fingerprint density at radius 1 is 1.20 bits per heavy atom. The van der Waals surface area contributed by atoms with Crippen LogP contribution in [0.3, 0.4) is 0 Å². The maximum atomic E-state index is 5.59. The van der Waals surface area contributed by atoms with Gasteiger partial charge in [0.1, 0.15) is 10.5 Å². The van der Waals surface area contributed by atoms with Gasteiger partial charge in [0, 0.05) is 11.9 Å². The lowest BCUT2D eigenvalue weighted by Crippen LogP contribution is -1.93. The van der Waals surface area contributed by atoms with E-state index in [1.807, 2.05) is 24.4 Å².